The third-order valence-electron chi connectivity index (χ3n) is 1.83. The van der Waals surface area contributed by atoms with Crippen LogP contribution >= 0.6 is 15.9 Å². The van der Waals surface area contributed by atoms with Crippen LogP contribution in [0.3, 0.4) is 0 Å². The number of fused-ring (bicyclic) bond motifs is 1. The zero-order chi connectivity index (χ0) is 9.42. The molecule has 0 bridgehead atoms. The van der Waals surface area contributed by atoms with Crippen LogP contribution in [0.2, 0.25) is 0 Å². The van der Waals surface area contributed by atoms with Gasteiger partial charge in [-0.3, -0.25) is 0 Å². The lowest BCUT2D eigenvalue weighted by Gasteiger charge is -1.99. The van der Waals surface area contributed by atoms with Crippen LogP contribution in [-0.4, -0.2) is 0 Å². The molecule has 0 unspecified atom stereocenters. The van der Waals surface area contributed by atoms with Gasteiger partial charge in [-0.1, -0.05) is 15.9 Å². The van der Waals surface area contributed by atoms with E-state index in [1.807, 2.05) is 19.1 Å². The molecule has 0 atom stereocenters. The van der Waals surface area contributed by atoms with E-state index in [1.54, 1.807) is 6.07 Å². The Morgan fingerprint density at radius 2 is 2.08 bits per heavy atom. The molecule has 2 nitrogen and oxygen atoms in total. The molecule has 0 aliphatic rings. The summed E-state index contributed by atoms with van der Waals surface area (Å²) in [5, 5.41) is 0.921. The van der Waals surface area contributed by atoms with Crippen molar-refractivity contribution >= 4 is 26.9 Å². The van der Waals surface area contributed by atoms with Crippen molar-refractivity contribution in [2.24, 2.45) is 0 Å². The van der Waals surface area contributed by atoms with Gasteiger partial charge in [0.25, 0.3) is 0 Å². The van der Waals surface area contributed by atoms with Crippen molar-refractivity contribution in [1.82, 2.24) is 0 Å². The molecule has 1 heterocycles. The van der Waals surface area contributed by atoms with Crippen LogP contribution in [0, 0.1) is 6.92 Å². The number of hydrogen-bond acceptors (Lipinski definition) is 2. The molecule has 0 aliphatic heterocycles. The third-order valence-corrected chi connectivity index (χ3v) is 2.49. The molecule has 0 N–H and O–H groups in total. The molecule has 0 aliphatic carbocycles. The zero-order valence-electron chi connectivity index (χ0n) is 7.00. The average Bonchev–Trinajstić information content (AvgIpc) is 2.02. The summed E-state index contributed by atoms with van der Waals surface area (Å²) >= 11 is 3.41. The van der Waals surface area contributed by atoms with Gasteiger partial charge in [0, 0.05) is 15.9 Å². The van der Waals surface area contributed by atoms with Crippen molar-refractivity contribution in [3.63, 3.8) is 0 Å². The first-order valence-corrected chi connectivity index (χ1v) is 4.66. The molecule has 2 aromatic rings. The standard InChI is InChI=1S/C10H7BrO2/c1-6-4-8(11)7-2-3-10(12)13-9(7)5-6/h2-5H,1H3. The molecular weight excluding hydrogens is 232 g/mol. The van der Waals surface area contributed by atoms with E-state index in [4.69, 9.17) is 4.42 Å². The Morgan fingerprint density at radius 3 is 2.85 bits per heavy atom. The predicted molar refractivity (Wildman–Crippen MR) is 54.9 cm³/mol. The van der Waals surface area contributed by atoms with Crippen LogP contribution in [0.15, 0.2) is 37.9 Å². The minimum atomic E-state index is -0.315. The maximum Gasteiger partial charge on any atom is 0.336 e. The minimum Gasteiger partial charge on any atom is -0.423 e. The van der Waals surface area contributed by atoms with E-state index in [-0.39, 0.29) is 5.63 Å². The van der Waals surface area contributed by atoms with Crippen LogP contribution < -0.4 is 5.63 Å². The third kappa shape index (κ3) is 1.52. The molecule has 66 valence electrons. The van der Waals surface area contributed by atoms with E-state index in [0.29, 0.717) is 5.58 Å². The van der Waals surface area contributed by atoms with Crippen molar-refractivity contribution in [2.45, 2.75) is 6.92 Å². The molecule has 0 saturated carbocycles. The molecule has 13 heavy (non-hydrogen) atoms. The Morgan fingerprint density at radius 1 is 1.31 bits per heavy atom. The van der Waals surface area contributed by atoms with Crippen molar-refractivity contribution in [3.8, 4) is 0 Å². The summed E-state index contributed by atoms with van der Waals surface area (Å²) in [6.07, 6.45) is 0. The highest BCUT2D eigenvalue weighted by molar-refractivity contribution is 9.10. The molecule has 1 aromatic carbocycles. The number of hydrogen-bond donors (Lipinski definition) is 0. The highest BCUT2D eigenvalue weighted by Gasteiger charge is 2.01. The van der Waals surface area contributed by atoms with Gasteiger partial charge in [-0.15, -0.1) is 0 Å². The molecule has 0 saturated heterocycles. The number of aryl methyl sites for hydroxylation is 1. The molecule has 1 aromatic heterocycles. The Hall–Kier alpha value is -1.09. The fourth-order valence-corrected chi connectivity index (χ4v) is 1.95. The predicted octanol–water partition coefficient (Wildman–Crippen LogP) is 2.86. The lowest BCUT2D eigenvalue weighted by atomic mass is 10.2. The highest BCUT2D eigenvalue weighted by Crippen LogP contribution is 2.24. The quantitative estimate of drug-likeness (QED) is 0.661. The van der Waals surface area contributed by atoms with E-state index < -0.39 is 0 Å². The van der Waals surface area contributed by atoms with E-state index in [1.165, 1.54) is 6.07 Å². The van der Waals surface area contributed by atoms with Gasteiger partial charge in [-0.2, -0.15) is 0 Å². The molecule has 0 fully saturated rings. The van der Waals surface area contributed by atoms with Gasteiger partial charge >= 0.3 is 5.63 Å². The van der Waals surface area contributed by atoms with Gasteiger partial charge in [0.1, 0.15) is 5.58 Å². The monoisotopic (exact) mass is 238 g/mol. The van der Waals surface area contributed by atoms with Gasteiger partial charge < -0.3 is 4.42 Å². The van der Waals surface area contributed by atoms with Gasteiger partial charge in [0.15, 0.2) is 0 Å². The van der Waals surface area contributed by atoms with Crippen molar-refractivity contribution in [2.75, 3.05) is 0 Å². The molecule has 3 heteroatoms. The summed E-state index contributed by atoms with van der Waals surface area (Å²) in [6.45, 7) is 1.96. The number of rotatable bonds is 0. The Labute approximate surface area is 83.3 Å². The Balaban J connectivity index is 2.94. The lowest BCUT2D eigenvalue weighted by molar-refractivity contribution is 0.560. The molecular formula is C10H7BrO2. The molecule has 2 rings (SSSR count). The first-order chi connectivity index (χ1) is 6.16. The molecule has 0 amide bonds. The maximum absolute atomic E-state index is 10.9. The second-order valence-electron chi connectivity index (χ2n) is 2.91. The zero-order valence-corrected chi connectivity index (χ0v) is 8.59. The maximum atomic E-state index is 10.9. The van der Waals surface area contributed by atoms with Crippen LogP contribution in [0.25, 0.3) is 11.0 Å². The van der Waals surface area contributed by atoms with E-state index in [0.717, 1.165) is 15.4 Å². The van der Waals surface area contributed by atoms with Gasteiger partial charge in [0.05, 0.1) is 0 Å². The van der Waals surface area contributed by atoms with E-state index >= 15 is 0 Å². The summed E-state index contributed by atoms with van der Waals surface area (Å²) in [7, 11) is 0. The SMILES string of the molecule is Cc1cc(Br)c2ccc(=O)oc2c1. The largest absolute Gasteiger partial charge is 0.423 e. The van der Waals surface area contributed by atoms with Crippen molar-refractivity contribution < 1.29 is 4.42 Å². The Kier molecular flexibility index (Phi) is 1.96. The van der Waals surface area contributed by atoms with Crippen LogP contribution in [0.4, 0.5) is 0 Å². The first kappa shape index (κ1) is 8.51. The van der Waals surface area contributed by atoms with Crippen LogP contribution in [-0.2, 0) is 0 Å². The molecule has 0 spiro atoms. The van der Waals surface area contributed by atoms with Gasteiger partial charge in [-0.25, -0.2) is 4.79 Å². The average molecular weight is 239 g/mol. The Bertz CT molecular complexity index is 514. The summed E-state index contributed by atoms with van der Waals surface area (Å²) < 4.78 is 5.99. The van der Waals surface area contributed by atoms with Crippen LogP contribution in [0.1, 0.15) is 5.56 Å². The summed E-state index contributed by atoms with van der Waals surface area (Å²) in [5.41, 5.74) is 1.37. The summed E-state index contributed by atoms with van der Waals surface area (Å²) in [4.78, 5) is 10.9. The smallest absolute Gasteiger partial charge is 0.336 e. The fourth-order valence-electron chi connectivity index (χ4n) is 1.26. The highest BCUT2D eigenvalue weighted by atomic mass is 79.9. The van der Waals surface area contributed by atoms with Crippen molar-refractivity contribution in [3.05, 3.63) is 44.7 Å². The van der Waals surface area contributed by atoms with Gasteiger partial charge in [-0.05, 0) is 30.7 Å². The normalized spacial score (nSPS) is 10.6. The van der Waals surface area contributed by atoms with Crippen LogP contribution in [0.5, 0.6) is 0 Å². The number of benzene rings is 1. The fraction of sp³-hybridized carbons (Fsp3) is 0.100. The lowest BCUT2D eigenvalue weighted by Crippen LogP contribution is -1.94. The second-order valence-corrected chi connectivity index (χ2v) is 3.77. The first-order valence-electron chi connectivity index (χ1n) is 3.87. The van der Waals surface area contributed by atoms with Gasteiger partial charge in [0.2, 0.25) is 0 Å². The number of halogens is 1. The summed E-state index contributed by atoms with van der Waals surface area (Å²) in [5.74, 6) is 0. The van der Waals surface area contributed by atoms with Crippen molar-refractivity contribution in [1.29, 1.82) is 0 Å². The second kappa shape index (κ2) is 3.00. The molecule has 0 radical (unpaired) electrons. The summed E-state index contributed by atoms with van der Waals surface area (Å²) in [6, 6.07) is 7.01. The minimum absolute atomic E-state index is 0.315. The van der Waals surface area contributed by atoms with E-state index in [2.05, 4.69) is 15.9 Å². The van der Waals surface area contributed by atoms with E-state index in [9.17, 15) is 4.79 Å². The topological polar surface area (TPSA) is 30.2 Å².